The fraction of sp³-hybridized carbons (Fsp3) is 0.417. The van der Waals surface area contributed by atoms with Crippen molar-refractivity contribution in [2.75, 3.05) is 0 Å². The highest BCUT2D eigenvalue weighted by Crippen LogP contribution is 2.16. The van der Waals surface area contributed by atoms with Crippen LogP contribution in [0.4, 0.5) is 0 Å². The summed E-state index contributed by atoms with van der Waals surface area (Å²) >= 11 is 1.75. The molecular weight excluding hydrogens is 220 g/mol. The molecule has 0 bridgehead atoms. The van der Waals surface area contributed by atoms with Gasteiger partial charge in [0.05, 0.1) is 18.5 Å². The average molecular weight is 236 g/mol. The van der Waals surface area contributed by atoms with Crippen LogP contribution in [0.25, 0.3) is 0 Å². The van der Waals surface area contributed by atoms with Crippen molar-refractivity contribution >= 4 is 11.3 Å². The van der Waals surface area contributed by atoms with E-state index in [1.807, 2.05) is 13.0 Å². The van der Waals surface area contributed by atoms with E-state index in [-0.39, 0.29) is 0 Å². The van der Waals surface area contributed by atoms with Gasteiger partial charge in [-0.25, -0.2) is 4.98 Å². The number of aromatic nitrogens is 1. The predicted molar refractivity (Wildman–Crippen MR) is 65.6 cm³/mol. The van der Waals surface area contributed by atoms with E-state index in [2.05, 4.69) is 24.1 Å². The van der Waals surface area contributed by atoms with Crippen molar-refractivity contribution in [1.29, 1.82) is 0 Å². The molecule has 0 saturated carbocycles. The van der Waals surface area contributed by atoms with Gasteiger partial charge < -0.3 is 9.73 Å². The molecular formula is C12H16N2OS. The van der Waals surface area contributed by atoms with Crippen molar-refractivity contribution in [2.45, 2.75) is 33.9 Å². The minimum Gasteiger partial charge on any atom is -0.468 e. The fourth-order valence-corrected chi connectivity index (χ4v) is 2.39. The van der Waals surface area contributed by atoms with Gasteiger partial charge in [-0.15, -0.1) is 11.3 Å². The first kappa shape index (κ1) is 11.4. The van der Waals surface area contributed by atoms with Gasteiger partial charge in [0, 0.05) is 11.4 Å². The molecule has 2 aromatic rings. The van der Waals surface area contributed by atoms with Crippen molar-refractivity contribution in [1.82, 2.24) is 10.3 Å². The molecule has 3 nitrogen and oxygen atoms in total. The van der Waals surface area contributed by atoms with Crippen LogP contribution in [-0.4, -0.2) is 4.98 Å². The van der Waals surface area contributed by atoms with Gasteiger partial charge >= 0.3 is 0 Å². The second kappa shape index (κ2) is 4.80. The Hall–Kier alpha value is -1.13. The average Bonchev–Trinajstić information content (AvgIpc) is 2.76. The highest BCUT2D eigenvalue weighted by molar-refractivity contribution is 7.11. The Labute approximate surface area is 99.5 Å². The van der Waals surface area contributed by atoms with Gasteiger partial charge in [0.1, 0.15) is 10.8 Å². The number of thiazole rings is 1. The monoisotopic (exact) mass is 236 g/mol. The Morgan fingerprint density at radius 1 is 1.31 bits per heavy atom. The number of furan rings is 1. The molecule has 0 fully saturated rings. The molecule has 0 aliphatic rings. The van der Waals surface area contributed by atoms with Crippen molar-refractivity contribution in [3.05, 3.63) is 39.2 Å². The van der Waals surface area contributed by atoms with Crippen LogP contribution in [0.3, 0.4) is 0 Å². The molecule has 1 N–H and O–H groups in total. The quantitative estimate of drug-likeness (QED) is 0.887. The van der Waals surface area contributed by atoms with Gasteiger partial charge in [0.2, 0.25) is 0 Å². The first-order chi connectivity index (χ1) is 7.66. The van der Waals surface area contributed by atoms with Gasteiger partial charge in [-0.3, -0.25) is 0 Å². The van der Waals surface area contributed by atoms with E-state index < -0.39 is 0 Å². The van der Waals surface area contributed by atoms with Crippen LogP contribution in [0, 0.1) is 20.8 Å². The minimum absolute atomic E-state index is 0.760. The zero-order valence-electron chi connectivity index (χ0n) is 9.83. The van der Waals surface area contributed by atoms with Gasteiger partial charge in [0.15, 0.2) is 0 Å². The number of hydrogen-bond donors (Lipinski definition) is 1. The summed E-state index contributed by atoms with van der Waals surface area (Å²) in [6.45, 7) is 7.77. The summed E-state index contributed by atoms with van der Waals surface area (Å²) in [4.78, 5) is 5.77. The summed E-state index contributed by atoms with van der Waals surface area (Å²) in [6.07, 6.45) is 1.73. The third-order valence-electron chi connectivity index (χ3n) is 2.60. The molecule has 0 spiro atoms. The van der Waals surface area contributed by atoms with Crippen LogP contribution in [0.2, 0.25) is 0 Å². The maximum Gasteiger partial charge on any atom is 0.120 e. The third-order valence-corrected chi connectivity index (χ3v) is 3.68. The second-order valence-electron chi connectivity index (χ2n) is 3.88. The van der Waals surface area contributed by atoms with Crippen LogP contribution < -0.4 is 5.32 Å². The molecule has 2 aromatic heterocycles. The number of hydrogen-bond acceptors (Lipinski definition) is 4. The van der Waals surface area contributed by atoms with Crippen molar-refractivity contribution in [3.63, 3.8) is 0 Å². The first-order valence-electron chi connectivity index (χ1n) is 5.33. The molecule has 0 radical (unpaired) electrons. The van der Waals surface area contributed by atoms with Gasteiger partial charge in [-0.2, -0.15) is 0 Å². The second-order valence-corrected chi connectivity index (χ2v) is 5.17. The van der Waals surface area contributed by atoms with Gasteiger partial charge in [-0.05, 0) is 32.4 Å². The fourth-order valence-electron chi connectivity index (χ4n) is 1.48. The van der Waals surface area contributed by atoms with Crippen LogP contribution in [0.1, 0.15) is 26.9 Å². The van der Waals surface area contributed by atoms with Crippen LogP contribution in [-0.2, 0) is 13.1 Å². The van der Waals surface area contributed by atoms with E-state index in [1.54, 1.807) is 17.6 Å². The lowest BCUT2D eigenvalue weighted by atomic mass is 10.3. The van der Waals surface area contributed by atoms with E-state index >= 15 is 0 Å². The molecule has 0 aromatic carbocycles. The Morgan fingerprint density at radius 2 is 2.12 bits per heavy atom. The molecule has 0 atom stereocenters. The molecule has 2 rings (SSSR count). The lowest BCUT2D eigenvalue weighted by molar-refractivity contribution is 0.480. The van der Waals surface area contributed by atoms with E-state index in [0.29, 0.717) is 0 Å². The molecule has 0 unspecified atom stereocenters. The van der Waals surface area contributed by atoms with Gasteiger partial charge in [-0.1, -0.05) is 0 Å². The maximum atomic E-state index is 5.35. The zero-order valence-corrected chi connectivity index (χ0v) is 10.6. The van der Waals surface area contributed by atoms with E-state index in [9.17, 15) is 0 Å². The standard InChI is InChI=1S/C12H16N2OS/c1-8-4-5-15-11(8)6-13-7-12-14-9(2)10(3)16-12/h4-5,13H,6-7H2,1-3H3. The lowest BCUT2D eigenvalue weighted by Crippen LogP contribution is -2.12. The molecule has 0 aliphatic carbocycles. The molecule has 16 heavy (non-hydrogen) atoms. The number of aryl methyl sites for hydroxylation is 3. The Balaban J connectivity index is 1.87. The van der Waals surface area contributed by atoms with E-state index in [1.165, 1.54) is 10.4 Å². The van der Waals surface area contributed by atoms with Crippen molar-refractivity contribution in [2.24, 2.45) is 0 Å². The summed E-state index contributed by atoms with van der Waals surface area (Å²) in [5.74, 6) is 1.00. The Kier molecular flexibility index (Phi) is 3.41. The largest absolute Gasteiger partial charge is 0.468 e. The van der Waals surface area contributed by atoms with Crippen LogP contribution in [0.5, 0.6) is 0 Å². The predicted octanol–water partition coefficient (Wildman–Crippen LogP) is 2.95. The first-order valence-corrected chi connectivity index (χ1v) is 6.15. The maximum absolute atomic E-state index is 5.35. The summed E-state index contributed by atoms with van der Waals surface area (Å²) in [7, 11) is 0. The molecule has 0 amide bonds. The zero-order chi connectivity index (χ0) is 11.5. The molecule has 4 heteroatoms. The van der Waals surface area contributed by atoms with Gasteiger partial charge in [0.25, 0.3) is 0 Å². The van der Waals surface area contributed by atoms with Crippen LogP contribution in [0.15, 0.2) is 16.7 Å². The highest BCUT2D eigenvalue weighted by Gasteiger charge is 2.04. The molecule has 0 aliphatic heterocycles. The summed E-state index contributed by atoms with van der Waals surface area (Å²) < 4.78 is 5.35. The Bertz CT molecular complexity index is 454. The summed E-state index contributed by atoms with van der Waals surface area (Å²) in [5.41, 5.74) is 2.33. The van der Waals surface area contributed by atoms with Crippen molar-refractivity contribution in [3.8, 4) is 0 Å². The third kappa shape index (κ3) is 2.51. The number of rotatable bonds is 4. The Morgan fingerprint density at radius 3 is 2.69 bits per heavy atom. The van der Waals surface area contributed by atoms with E-state index in [4.69, 9.17) is 4.42 Å². The van der Waals surface area contributed by atoms with E-state index in [0.717, 1.165) is 29.6 Å². The summed E-state index contributed by atoms with van der Waals surface area (Å²) in [6, 6.07) is 1.98. The summed E-state index contributed by atoms with van der Waals surface area (Å²) in [5, 5.41) is 4.48. The van der Waals surface area contributed by atoms with Crippen LogP contribution >= 0.6 is 11.3 Å². The lowest BCUT2D eigenvalue weighted by Gasteiger charge is -2.00. The smallest absolute Gasteiger partial charge is 0.120 e. The SMILES string of the molecule is Cc1ccoc1CNCc1nc(C)c(C)s1. The highest BCUT2D eigenvalue weighted by atomic mass is 32.1. The number of nitrogens with zero attached hydrogens (tertiary/aromatic N) is 1. The molecule has 86 valence electrons. The number of nitrogens with one attached hydrogen (secondary N) is 1. The normalized spacial score (nSPS) is 10.9. The minimum atomic E-state index is 0.760. The topological polar surface area (TPSA) is 38.1 Å². The molecule has 2 heterocycles. The van der Waals surface area contributed by atoms with Crippen molar-refractivity contribution < 1.29 is 4.42 Å². The molecule has 0 saturated heterocycles.